The molecular weight excluding hydrogens is 192 g/mol. The lowest BCUT2D eigenvalue weighted by Gasteiger charge is -2.29. The van der Waals surface area contributed by atoms with Crippen LogP contribution in [0.5, 0.6) is 0 Å². The van der Waals surface area contributed by atoms with Crippen LogP contribution in [-0.4, -0.2) is 23.4 Å². The minimum absolute atomic E-state index is 0.177. The molecular formula is C7H8F4O2. The Hall–Kier alpha value is -0.810. The summed E-state index contributed by atoms with van der Waals surface area (Å²) in [6.45, 7) is 0. The van der Waals surface area contributed by atoms with E-state index in [4.69, 9.17) is 5.11 Å². The molecule has 1 saturated carbocycles. The number of hydrogen-bond donors (Lipinski definition) is 1. The van der Waals surface area contributed by atoms with Crippen molar-refractivity contribution in [3.63, 3.8) is 0 Å². The lowest BCUT2D eigenvalue weighted by atomic mass is 9.84. The normalized spacial score (nSPS) is 32.4. The fourth-order valence-corrected chi connectivity index (χ4v) is 1.62. The van der Waals surface area contributed by atoms with Crippen LogP contribution in [0.3, 0.4) is 0 Å². The molecule has 1 atom stereocenters. The smallest absolute Gasteiger partial charge is 0.321 e. The van der Waals surface area contributed by atoms with E-state index in [1.165, 1.54) is 0 Å². The molecule has 0 aromatic rings. The third-order valence-corrected chi connectivity index (χ3v) is 2.47. The summed E-state index contributed by atoms with van der Waals surface area (Å²) in [5.74, 6) is -5.91. The summed E-state index contributed by atoms with van der Waals surface area (Å²) in [6.07, 6.45) is -5.14. The summed E-state index contributed by atoms with van der Waals surface area (Å²) in [6, 6.07) is 0. The maximum Gasteiger partial charge on any atom is 0.321 e. The Morgan fingerprint density at radius 2 is 1.85 bits per heavy atom. The Kier molecular flexibility index (Phi) is 2.25. The molecule has 0 aromatic carbocycles. The summed E-state index contributed by atoms with van der Waals surface area (Å²) in [5, 5.41) is 8.41. The lowest BCUT2D eigenvalue weighted by molar-refractivity contribution is -0.198. The Balaban J connectivity index is 3.11. The molecule has 6 heteroatoms. The zero-order valence-corrected chi connectivity index (χ0v) is 6.57. The molecule has 2 nitrogen and oxygen atoms in total. The first kappa shape index (κ1) is 10.3. The van der Waals surface area contributed by atoms with E-state index >= 15 is 0 Å². The average molecular weight is 200 g/mol. The van der Waals surface area contributed by atoms with Crippen molar-refractivity contribution in [3.05, 3.63) is 0 Å². The van der Waals surface area contributed by atoms with E-state index in [1.54, 1.807) is 0 Å². The highest BCUT2D eigenvalue weighted by molar-refractivity contribution is 5.77. The van der Waals surface area contributed by atoms with Crippen LogP contribution >= 0.6 is 0 Å². The van der Waals surface area contributed by atoms with Gasteiger partial charge in [0.15, 0.2) is 5.41 Å². The SMILES string of the molecule is O=C(O)C1(C(F)F)CCCC1(F)F. The monoisotopic (exact) mass is 200 g/mol. The van der Waals surface area contributed by atoms with Gasteiger partial charge in [-0.05, 0) is 12.8 Å². The van der Waals surface area contributed by atoms with Crippen LogP contribution in [0.4, 0.5) is 17.6 Å². The van der Waals surface area contributed by atoms with Gasteiger partial charge in [0.25, 0.3) is 12.3 Å². The molecule has 1 unspecified atom stereocenters. The second-order valence-corrected chi connectivity index (χ2v) is 3.14. The van der Waals surface area contributed by atoms with Crippen molar-refractivity contribution in [1.82, 2.24) is 0 Å². The Morgan fingerprint density at radius 3 is 2.00 bits per heavy atom. The largest absolute Gasteiger partial charge is 0.481 e. The van der Waals surface area contributed by atoms with Gasteiger partial charge in [-0.15, -0.1) is 0 Å². The lowest BCUT2D eigenvalue weighted by Crippen LogP contribution is -2.48. The molecule has 1 aliphatic rings. The predicted octanol–water partition coefficient (Wildman–Crippen LogP) is 2.14. The van der Waals surface area contributed by atoms with Crippen LogP contribution in [0, 0.1) is 5.41 Å². The van der Waals surface area contributed by atoms with Gasteiger partial charge in [0.1, 0.15) is 0 Å². The number of carboxylic acid groups (broad SMARTS) is 1. The quantitative estimate of drug-likeness (QED) is 0.693. The van der Waals surface area contributed by atoms with Crippen LogP contribution < -0.4 is 0 Å². The molecule has 0 amide bonds. The van der Waals surface area contributed by atoms with E-state index in [-0.39, 0.29) is 6.42 Å². The zero-order chi connectivity index (χ0) is 10.3. The summed E-state index contributed by atoms with van der Waals surface area (Å²) < 4.78 is 50.4. The van der Waals surface area contributed by atoms with E-state index in [0.717, 1.165) is 0 Å². The van der Waals surface area contributed by atoms with E-state index in [1.807, 2.05) is 0 Å². The van der Waals surface area contributed by atoms with Crippen LogP contribution in [0.1, 0.15) is 19.3 Å². The van der Waals surface area contributed by atoms with Crippen molar-refractivity contribution < 1.29 is 27.5 Å². The molecule has 76 valence electrons. The van der Waals surface area contributed by atoms with E-state index in [9.17, 15) is 22.4 Å². The van der Waals surface area contributed by atoms with Gasteiger partial charge in [-0.2, -0.15) is 0 Å². The highest BCUT2D eigenvalue weighted by Gasteiger charge is 2.67. The maximum absolute atomic E-state index is 12.9. The van der Waals surface area contributed by atoms with Crippen molar-refractivity contribution >= 4 is 5.97 Å². The molecule has 0 saturated heterocycles. The number of alkyl halides is 4. The van der Waals surface area contributed by atoms with Gasteiger partial charge < -0.3 is 5.11 Å². The van der Waals surface area contributed by atoms with Gasteiger partial charge >= 0.3 is 5.97 Å². The van der Waals surface area contributed by atoms with E-state index < -0.39 is 36.6 Å². The Bertz CT molecular complexity index is 229. The molecule has 0 spiro atoms. The second-order valence-electron chi connectivity index (χ2n) is 3.14. The first-order chi connectivity index (χ1) is 5.84. The fourth-order valence-electron chi connectivity index (χ4n) is 1.62. The van der Waals surface area contributed by atoms with Crippen LogP contribution in [0.25, 0.3) is 0 Å². The van der Waals surface area contributed by atoms with Gasteiger partial charge in [-0.25, -0.2) is 17.6 Å². The van der Waals surface area contributed by atoms with Gasteiger partial charge in [0.2, 0.25) is 0 Å². The Labute approximate surface area is 71.5 Å². The molecule has 13 heavy (non-hydrogen) atoms. The zero-order valence-electron chi connectivity index (χ0n) is 6.57. The third kappa shape index (κ3) is 1.19. The van der Waals surface area contributed by atoms with Crippen molar-refractivity contribution in [2.24, 2.45) is 5.41 Å². The molecule has 0 heterocycles. The molecule has 0 aromatic heterocycles. The minimum atomic E-state index is -3.80. The minimum Gasteiger partial charge on any atom is -0.481 e. The first-order valence-corrected chi connectivity index (χ1v) is 3.74. The molecule has 1 fully saturated rings. The van der Waals surface area contributed by atoms with Crippen molar-refractivity contribution in [2.45, 2.75) is 31.6 Å². The average Bonchev–Trinajstić information content (AvgIpc) is 2.25. The fraction of sp³-hybridized carbons (Fsp3) is 0.857. The number of halogens is 4. The standard InChI is InChI=1S/C7H8F4O2/c8-4(9)6(5(12)13)2-1-3-7(6,10)11/h4H,1-3H2,(H,12,13). The number of carboxylic acids is 1. The Morgan fingerprint density at radius 1 is 1.31 bits per heavy atom. The molecule has 1 rings (SSSR count). The van der Waals surface area contributed by atoms with Gasteiger partial charge in [0.05, 0.1) is 0 Å². The van der Waals surface area contributed by atoms with Crippen LogP contribution in [-0.2, 0) is 4.79 Å². The topological polar surface area (TPSA) is 37.3 Å². The van der Waals surface area contributed by atoms with Crippen LogP contribution in [0.15, 0.2) is 0 Å². The predicted molar refractivity (Wildman–Crippen MR) is 34.9 cm³/mol. The molecule has 1 N–H and O–H groups in total. The van der Waals surface area contributed by atoms with Crippen molar-refractivity contribution in [3.8, 4) is 0 Å². The van der Waals surface area contributed by atoms with Crippen molar-refractivity contribution in [1.29, 1.82) is 0 Å². The van der Waals surface area contributed by atoms with Gasteiger partial charge in [-0.1, -0.05) is 0 Å². The number of hydrogen-bond acceptors (Lipinski definition) is 1. The van der Waals surface area contributed by atoms with Crippen molar-refractivity contribution in [2.75, 3.05) is 0 Å². The number of aliphatic carboxylic acids is 1. The van der Waals surface area contributed by atoms with Gasteiger partial charge in [0, 0.05) is 6.42 Å². The van der Waals surface area contributed by atoms with E-state index in [0.29, 0.717) is 0 Å². The highest BCUT2D eigenvalue weighted by Crippen LogP contribution is 2.53. The summed E-state index contributed by atoms with van der Waals surface area (Å²) in [5.41, 5.74) is -3.16. The molecule has 0 aliphatic heterocycles. The molecule has 0 bridgehead atoms. The third-order valence-electron chi connectivity index (χ3n) is 2.47. The first-order valence-electron chi connectivity index (χ1n) is 3.74. The van der Waals surface area contributed by atoms with Crippen LogP contribution in [0.2, 0.25) is 0 Å². The highest BCUT2D eigenvalue weighted by atomic mass is 19.3. The molecule has 0 radical (unpaired) electrons. The summed E-state index contributed by atoms with van der Waals surface area (Å²) in [4.78, 5) is 10.4. The number of carbonyl (C=O) groups is 1. The van der Waals surface area contributed by atoms with Gasteiger partial charge in [-0.3, -0.25) is 4.79 Å². The second kappa shape index (κ2) is 2.85. The van der Waals surface area contributed by atoms with E-state index in [2.05, 4.69) is 0 Å². The molecule has 1 aliphatic carbocycles. The summed E-state index contributed by atoms with van der Waals surface area (Å²) in [7, 11) is 0. The maximum atomic E-state index is 12.9. The number of rotatable bonds is 2. The summed E-state index contributed by atoms with van der Waals surface area (Å²) >= 11 is 0.